The van der Waals surface area contributed by atoms with Crippen molar-refractivity contribution < 1.29 is 4.39 Å². The minimum atomic E-state index is -0.278. The van der Waals surface area contributed by atoms with Crippen molar-refractivity contribution in [2.24, 2.45) is 5.73 Å². The maximum absolute atomic E-state index is 13.3. The van der Waals surface area contributed by atoms with Crippen LogP contribution in [0.15, 0.2) is 40.2 Å². The SMILES string of the molecule is N[C@H](c1cccs1)c1cccc(F)c1Br. The highest BCUT2D eigenvalue weighted by molar-refractivity contribution is 9.10. The van der Waals surface area contributed by atoms with Gasteiger partial charge >= 0.3 is 0 Å². The van der Waals surface area contributed by atoms with E-state index in [0.717, 1.165) is 10.4 Å². The Kier molecular flexibility index (Phi) is 3.19. The highest BCUT2D eigenvalue weighted by Crippen LogP contribution is 2.30. The summed E-state index contributed by atoms with van der Waals surface area (Å²) in [7, 11) is 0. The number of halogens is 2. The molecule has 0 radical (unpaired) electrons. The van der Waals surface area contributed by atoms with Gasteiger partial charge in [0.15, 0.2) is 0 Å². The average molecular weight is 286 g/mol. The summed E-state index contributed by atoms with van der Waals surface area (Å²) in [6.45, 7) is 0. The first-order valence-electron chi connectivity index (χ1n) is 4.43. The van der Waals surface area contributed by atoms with Gasteiger partial charge in [-0.15, -0.1) is 11.3 Å². The van der Waals surface area contributed by atoms with Gasteiger partial charge in [-0.1, -0.05) is 18.2 Å². The van der Waals surface area contributed by atoms with Crippen molar-refractivity contribution in [2.75, 3.05) is 0 Å². The van der Waals surface area contributed by atoms with Gasteiger partial charge in [0.25, 0.3) is 0 Å². The van der Waals surface area contributed by atoms with Crippen LogP contribution in [0.5, 0.6) is 0 Å². The van der Waals surface area contributed by atoms with Gasteiger partial charge in [-0.2, -0.15) is 0 Å². The largest absolute Gasteiger partial charge is 0.320 e. The maximum atomic E-state index is 13.3. The van der Waals surface area contributed by atoms with Gasteiger partial charge in [-0.05, 0) is 39.0 Å². The molecule has 1 aromatic carbocycles. The van der Waals surface area contributed by atoms with E-state index in [1.54, 1.807) is 17.4 Å². The standard InChI is InChI=1S/C11H9BrFNS/c12-10-7(3-1-4-8(10)13)11(14)9-5-2-6-15-9/h1-6,11H,14H2/t11-/m0/s1. The highest BCUT2D eigenvalue weighted by Gasteiger charge is 2.14. The fraction of sp³-hybridized carbons (Fsp3) is 0.0909. The van der Waals surface area contributed by atoms with Crippen molar-refractivity contribution in [2.45, 2.75) is 6.04 Å². The molecule has 0 aliphatic carbocycles. The first-order valence-corrected chi connectivity index (χ1v) is 6.10. The topological polar surface area (TPSA) is 26.0 Å². The van der Waals surface area contributed by atoms with Crippen LogP contribution in [0.4, 0.5) is 4.39 Å². The summed E-state index contributed by atoms with van der Waals surface area (Å²) in [5.41, 5.74) is 6.82. The maximum Gasteiger partial charge on any atom is 0.137 e. The molecule has 0 amide bonds. The molecular weight excluding hydrogens is 277 g/mol. The fourth-order valence-corrected chi connectivity index (χ4v) is 2.64. The third kappa shape index (κ3) is 2.12. The van der Waals surface area contributed by atoms with E-state index in [9.17, 15) is 4.39 Å². The van der Waals surface area contributed by atoms with Gasteiger partial charge in [0, 0.05) is 4.88 Å². The van der Waals surface area contributed by atoms with Crippen LogP contribution in [-0.2, 0) is 0 Å². The monoisotopic (exact) mass is 285 g/mol. The second-order valence-electron chi connectivity index (χ2n) is 3.14. The van der Waals surface area contributed by atoms with Gasteiger partial charge in [-0.25, -0.2) is 4.39 Å². The van der Waals surface area contributed by atoms with Crippen molar-refractivity contribution in [1.29, 1.82) is 0 Å². The van der Waals surface area contributed by atoms with E-state index in [1.165, 1.54) is 6.07 Å². The quantitative estimate of drug-likeness (QED) is 0.895. The van der Waals surface area contributed by atoms with Crippen molar-refractivity contribution in [3.8, 4) is 0 Å². The van der Waals surface area contributed by atoms with E-state index in [4.69, 9.17) is 5.73 Å². The number of rotatable bonds is 2. The zero-order valence-electron chi connectivity index (χ0n) is 7.78. The summed E-state index contributed by atoms with van der Waals surface area (Å²) in [5.74, 6) is -0.278. The fourth-order valence-electron chi connectivity index (χ4n) is 1.38. The second-order valence-corrected chi connectivity index (χ2v) is 4.91. The Morgan fingerprint density at radius 1 is 1.27 bits per heavy atom. The molecule has 1 heterocycles. The minimum absolute atomic E-state index is 0.268. The Morgan fingerprint density at radius 3 is 2.73 bits per heavy atom. The van der Waals surface area contributed by atoms with Crippen LogP contribution in [0.1, 0.15) is 16.5 Å². The number of nitrogens with two attached hydrogens (primary N) is 1. The first-order chi connectivity index (χ1) is 7.20. The third-order valence-electron chi connectivity index (χ3n) is 2.17. The van der Waals surface area contributed by atoms with E-state index < -0.39 is 0 Å². The molecule has 0 unspecified atom stereocenters. The molecule has 0 fully saturated rings. The molecule has 1 atom stereocenters. The van der Waals surface area contributed by atoms with E-state index in [2.05, 4.69) is 15.9 Å². The van der Waals surface area contributed by atoms with Crippen LogP contribution >= 0.6 is 27.3 Å². The molecule has 78 valence electrons. The summed E-state index contributed by atoms with van der Waals surface area (Å²) in [6.07, 6.45) is 0. The van der Waals surface area contributed by atoms with Gasteiger partial charge in [-0.3, -0.25) is 0 Å². The Hall–Kier alpha value is -0.710. The zero-order valence-corrected chi connectivity index (χ0v) is 10.2. The van der Waals surface area contributed by atoms with E-state index >= 15 is 0 Å². The van der Waals surface area contributed by atoms with Gasteiger partial charge in [0.1, 0.15) is 5.82 Å². The Balaban J connectivity index is 2.42. The lowest BCUT2D eigenvalue weighted by atomic mass is 10.1. The number of hydrogen-bond donors (Lipinski definition) is 1. The molecule has 1 aromatic heterocycles. The van der Waals surface area contributed by atoms with Crippen LogP contribution in [0.3, 0.4) is 0 Å². The molecule has 0 aliphatic heterocycles. The molecule has 1 nitrogen and oxygen atoms in total. The minimum Gasteiger partial charge on any atom is -0.320 e. The van der Waals surface area contributed by atoms with Crippen LogP contribution < -0.4 is 5.73 Å². The predicted octanol–water partition coefficient (Wildman–Crippen LogP) is 3.70. The van der Waals surface area contributed by atoms with Crippen molar-refractivity contribution in [3.05, 3.63) is 56.4 Å². The van der Waals surface area contributed by atoms with Gasteiger partial charge in [0.2, 0.25) is 0 Å². The normalized spacial score (nSPS) is 12.7. The Labute approximate surface area is 99.9 Å². The smallest absolute Gasteiger partial charge is 0.137 e. The third-order valence-corrected chi connectivity index (χ3v) is 3.96. The van der Waals surface area contributed by atoms with Crippen LogP contribution in [0.25, 0.3) is 0 Å². The van der Waals surface area contributed by atoms with Gasteiger partial charge in [0.05, 0.1) is 10.5 Å². The molecule has 2 rings (SSSR count). The summed E-state index contributed by atoms with van der Waals surface area (Å²) < 4.78 is 13.7. The molecule has 0 saturated heterocycles. The van der Waals surface area contributed by atoms with E-state index in [1.807, 2.05) is 23.6 Å². The summed E-state index contributed by atoms with van der Waals surface area (Å²) in [5, 5.41) is 1.96. The lowest BCUT2D eigenvalue weighted by Gasteiger charge is -2.12. The second kappa shape index (κ2) is 4.43. The Bertz CT molecular complexity index is 456. The number of thiophene rings is 1. The van der Waals surface area contributed by atoms with Crippen molar-refractivity contribution in [3.63, 3.8) is 0 Å². The number of benzene rings is 1. The van der Waals surface area contributed by atoms with Crippen molar-refractivity contribution in [1.82, 2.24) is 0 Å². The van der Waals surface area contributed by atoms with Crippen LogP contribution in [0.2, 0.25) is 0 Å². The predicted molar refractivity (Wildman–Crippen MR) is 64.4 cm³/mol. The summed E-state index contributed by atoms with van der Waals surface area (Å²) >= 11 is 4.79. The van der Waals surface area contributed by atoms with E-state index in [-0.39, 0.29) is 11.9 Å². The molecule has 0 aliphatic rings. The number of hydrogen-bond acceptors (Lipinski definition) is 2. The molecule has 2 aromatic rings. The van der Waals surface area contributed by atoms with Crippen molar-refractivity contribution >= 4 is 27.3 Å². The molecular formula is C11H9BrFNS. The average Bonchev–Trinajstić information content (AvgIpc) is 2.74. The molecule has 2 N–H and O–H groups in total. The first kappa shape index (κ1) is 10.8. The lowest BCUT2D eigenvalue weighted by Crippen LogP contribution is -2.11. The van der Waals surface area contributed by atoms with Crippen LogP contribution in [0, 0.1) is 5.82 Å². The summed E-state index contributed by atoms with van der Waals surface area (Å²) in [6, 6.07) is 8.53. The van der Waals surface area contributed by atoms with E-state index in [0.29, 0.717) is 4.47 Å². The molecule has 0 bridgehead atoms. The van der Waals surface area contributed by atoms with Crippen LogP contribution in [-0.4, -0.2) is 0 Å². The molecule has 4 heteroatoms. The zero-order chi connectivity index (χ0) is 10.8. The highest BCUT2D eigenvalue weighted by atomic mass is 79.9. The lowest BCUT2D eigenvalue weighted by molar-refractivity contribution is 0.616. The Morgan fingerprint density at radius 2 is 2.07 bits per heavy atom. The molecule has 0 saturated carbocycles. The van der Waals surface area contributed by atoms with Gasteiger partial charge < -0.3 is 5.73 Å². The molecule has 0 spiro atoms. The summed E-state index contributed by atoms with van der Waals surface area (Å²) in [4.78, 5) is 1.03. The molecule has 15 heavy (non-hydrogen) atoms.